The maximum Gasteiger partial charge on any atom is 0.391 e. The van der Waals surface area contributed by atoms with Gasteiger partial charge in [-0.3, -0.25) is 4.90 Å². The van der Waals surface area contributed by atoms with E-state index in [9.17, 15) is 17.6 Å². The van der Waals surface area contributed by atoms with Gasteiger partial charge in [0.25, 0.3) is 0 Å². The number of rotatable bonds is 3. The number of nitrogens with two attached hydrogens (primary N) is 1. The van der Waals surface area contributed by atoms with Gasteiger partial charge in [0.1, 0.15) is 10.8 Å². The Labute approximate surface area is 125 Å². The van der Waals surface area contributed by atoms with Gasteiger partial charge in [0.15, 0.2) is 0 Å². The lowest BCUT2D eigenvalue weighted by Gasteiger charge is -2.32. The molecule has 0 amide bonds. The molecule has 1 heterocycles. The third kappa shape index (κ3) is 4.14. The van der Waals surface area contributed by atoms with Crippen LogP contribution in [0.25, 0.3) is 0 Å². The highest BCUT2D eigenvalue weighted by Crippen LogP contribution is 2.34. The fraction of sp³-hybridized carbons (Fsp3) is 0.500. The normalized spacial score (nSPS) is 17.9. The molecule has 116 valence electrons. The summed E-state index contributed by atoms with van der Waals surface area (Å²) in [6.07, 6.45) is -4.00. The minimum Gasteiger partial charge on any atom is -0.389 e. The molecule has 1 aliphatic heterocycles. The molecule has 0 radical (unpaired) electrons. The second-order valence-corrected chi connectivity index (χ2v) is 5.70. The Hall–Kier alpha value is -1.21. The van der Waals surface area contributed by atoms with E-state index in [0.717, 1.165) is 0 Å². The smallest absolute Gasteiger partial charge is 0.389 e. The number of hydrogen-bond acceptors (Lipinski definition) is 2. The maximum absolute atomic E-state index is 13.9. The fourth-order valence-electron chi connectivity index (χ4n) is 2.49. The summed E-state index contributed by atoms with van der Waals surface area (Å²) in [7, 11) is 0. The third-order valence-electron chi connectivity index (χ3n) is 3.78. The first-order chi connectivity index (χ1) is 9.77. The molecule has 0 atom stereocenters. The predicted molar refractivity (Wildman–Crippen MR) is 76.3 cm³/mol. The SMILES string of the molecule is NC(=S)c1ccc(CN2CCC(C(F)(F)F)CC2)c(F)c1. The average molecular weight is 320 g/mol. The zero-order chi connectivity index (χ0) is 15.6. The Balaban J connectivity index is 1.96. The molecular weight excluding hydrogens is 304 g/mol. The van der Waals surface area contributed by atoms with E-state index in [2.05, 4.69) is 0 Å². The Bertz CT molecular complexity index is 522. The number of likely N-dealkylation sites (tertiary alicyclic amines) is 1. The van der Waals surface area contributed by atoms with Crippen molar-refractivity contribution in [1.82, 2.24) is 4.90 Å². The van der Waals surface area contributed by atoms with Crippen LogP contribution in [0.3, 0.4) is 0 Å². The van der Waals surface area contributed by atoms with Crippen LogP contribution in [0.2, 0.25) is 0 Å². The molecule has 7 heteroatoms. The van der Waals surface area contributed by atoms with Crippen molar-refractivity contribution in [3.8, 4) is 0 Å². The summed E-state index contributed by atoms with van der Waals surface area (Å²) in [5.41, 5.74) is 6.31. The topological polar surface area (TPSA) is 29.3 Å². The molecule has 2 N–H and O–H groups in total. The van der Waals surface area contributed by atoms with Gasteiger partial charge in [0.2, 0.25) is 0 Å². The van der Waals surface area contributed by atoms with Crippen molar-refractivity contribution in [2.24, 2.45) is 11.7 Å². The highest BCUT2D eigenvalue weighted by Gasteiger charge is 2.40. The molecule has 1 aromatic rings. The van der Waals surface area contributed by atoms with Gasteiger partial charge in [-0.15, -0.1) is 0 Å². The number of alkyl halides is 3. The average Bonchev–Trinajstić information content (AvgIpc) is 2.40. The van der Waals surface area contributed by atoms with Crippen LogP contribution in [0.15, 0.2) is 18.2 Å². The monoisotopic (exact) mass is 320 g/mol. The van der Waals surface area contributed by atoms with Crippen LogP contribution in [0.1, 0.15) is 24.0 Å². The van der Waals surface area contributed by atoms with Gasteiger partial charge in [0.05, 0.1) is 5.92 Å². The lowest BCUT2D eigenvalue weighted by Crippen LogP contribution is -2.38. The maximum atomic E-state index is 13.9. The predicted octanol–water partition coefficient (Wildman–Crippen LogP) is 3.23. The molecule has 0 bridgehead atoms. The van der Waals surface area contributed by atoms with Crippen molar-refractivity contribution in [2.75, 3.05) is 13.1 Å². The molecule has 0 saturated carbocycles. The van der Waals surface area contributed by atoms with E-state index in [1.807, 2.05) is 4.90 Å². The first kappa shape index (κ1) is 16.2. The first-order valence-electron chi connectivity index (χ1n) is 6.64. The summed E-state index contributed by atoms with van der Waals surface area (Å²) in [5.74, 6) is -1.67. The number of nitrogens with zero attached hydrogens (tertiary/aromatic N) is 1. The van der Waals surface area contributed by atoms with Gasteiger partial charge in [0, 0.05) is 17.7 Å². The van der Waals surface area contributed by atoms with E-state index in [-0.39, 0.29) is 17.8 Å². The molecule has 0 unspecified atom stereocenters. The quantitative estimate of drug-likeness (QED) is 0.685. The van der Waals surface area contributed by atoms with E-state index >= 15 is 0 Å². The van der Waals surface area contributed by atoms with Crippen LogP contribution in [0.4, 0.5) is 17.6 Å². The van der Waals surface area contributed by atoms with Crippen LogP contribution in [-0.4, -0.2) is 29.2 Å². The minimum absolute atomic E-state index is 0.0656. The van der Waals surface area contributed by atoms with Crippen LogP contribution in [0.5, 0.6) is 0 Å². The Kier molecular flexibility index (Phi) is 4.83. The highest BCUT2D eigenvalue weighted by atomic mass is 32.1. The van der Waals surface area contributed by atoms with E-state index < -0.39 is 17.9 Å². The zero-order valence-electron chi connectivity index (χ0n) is 11.3. The second-order valence-electron chi connectivity index (χ2n) is 5.26. The Morgan fingerprint density at radius 3 is 2.38 bits per heavy atom. The van der Waals surface area contributed by atoms with Crippen LogP contribution < -0.4 is 5.73 Å². The molecule has 0 spiro atoms. The van der Waals surface area contributed by atoms with Gasteiger partial charge in [-0.2, -0.15) is 13.2 Å². The van der Waals surface area contributed by atoms with Crippen LogP contribution in [-0.2, 0) is 6.54 Å². The third-order valence-corrected chi connectivity index (χ3v) is 4.02. The van der Waals surface area contributed by atoms with E-state index in [1.165, 1.54) is 6.07 Å². The van der Waals surface area contributed by atoms with Crippen LogP contribution >= 0.6 is 12.2 Å². The largest absolute Gasteiger partial charge is 0.391 e. The summed E-state index contributed by atoms with van der Waals surface area (Å²) >= 11 is 4.77. The van der Waals surface area contributed by atoms with Crippen molar-refractivity contribution in [3.63, 3.8) is 0 Å². The molecule has 2 rings (SSSR count). The van der Waals surface area contributed by atoms with Crippen LogP contribution in [0, 0.1) is 11.7 Å². The molecule has 21 heavy (non-hydrogen) atoms. The molecule has 1 aliphatic rings. The van der Waals surface area contributed by atoms with Gasteiger partial charge < -0.3 is 5.73 Å². The van der Waals surface area contributed by atoms with E-state index in [1.54, 1.807) is 12.1 Å². The number of piperidine rings is 1. The summed E-state index contributed by atoms with van der Waals surface area (Å²) in [6, 6.07) is 4.48. The zero-order valence-corrected chi connectivity index (χ0v) is 12.1. The summed E-state index contributed by atoms with van der Waals surface area (Å²) in [4.78, 5) is 1.95. The molecule has 0 aliphatic carbocycles. The van der Waals surface area contributed by atoms with Gasteiger partial charge in [-0.25, -0.2) is 4.39 Å². The highest BCUT2D eigenvalue weighted by molar-refractivity contribution is 7.80. The molecule has 1 fully saturated rings. The molecular formula is C14H16F4N2S. The van der Waals surface area contributed by atoms with Gasteiger partial charge in [-0.1, -0.05) is 24.4 Å². The number of halogens is 4. The molecule has 2 nitrogen and oxygen atoms in total. The van der Waals surface area contributed by atoms with Crippen molar-refractivity contribution in [1.29, 1.82) is 0 Å². The minimum atomic E-state index is -4.13. The number of benzene rings is 1. The summed E-state index contributed by atoms with van der Waals surface area (Å²) in [6.45, 7) is 0.940. The van der Waals surface area contributed by atoms with Gasteiger partial charge in [-0.05, 0) is 32.0 Å². The second kappa shape index (κ2) is 6.27. The van der Waals surface area contributed by atoms with Crippen molar-refractivity contribution in [3.05, 3.63) is 35.1 Å². The fourth-order valence-corrected chi connectivity index (χ4v) is 2.62. The Morgan fingerprint density at radius 2 is 1.90 bits per heavy atom. The first-order valence-corrected chi connectivity index (χ1v) is 7.05. The molecule has 0 aromatic heterocycles. The summed E-state index contributed by atoms with van der Waals surface area (Å²) < 4.78 is 51.6. The number of hydrogen-bond donors (Lipinski definition) is 1. The van der Waals surface area contributed by atoms with E-state index in [4.69, 9.17) is 18.0 Å². The lowest BCUT2D eigenvalue weighted by molar-refractivity contribution is -0.185. The standard InChI is InChI=1S/C14H16F4N2S/c15-12-7-9(13(19)21)1-2-10(12)8-20-5-3-11(4-6-20)14(16,17)18/h1-2,7,11H,3-6,8H2,(H2,19,21). The van der Waals surface area contributed by atoms with Crippen molar-refractivity contribution in [2.45, 2.75) is 25.6 Å². The number of thiocarbonyl (C=S) groups is 1. The lowest BCUT2D eigenvalue weighted by atomic mass is 9.96. The summed E-state index contributed by atoms with van der Waals surface area (Å²) in [5, 5.41) is 0. The Morgan fingerprint density at radius 1 is 1.29 bits per heavy atom. The van der Waals surface area contributed by atoms with Crippen molar-refractivity contribution >= 4 is 17.2 Å². The molecule has 1 saturated heterocycles. The molecule has 1 aromatic carbocycles. The van der Waals surface area contributed by atoms with E-state index in [0.29, 0.717) is 30.8 Å². The van der Waals surface area contributed by atoms with Gasteiger partial charge >= 0.3 is 6.18 Å². The van der Waals surface area contributed by atoms with Crippen molar-refractivity contribution < 1.29 is 17.6 Å².